The van der Waals surface area contributed by atoms with Gasteiger partial charge >= 0.3 is 5.97 Å². The van der Waals surface area contributed by atoms with Crippen LogP contribution < -0.4 is 5.73 Å². The fourth-order valence-corrected chi connectivity index (χ4v) is 1.09. The molecule has 0 aromatic carbocycles. The number of carboxylic acid groups (broad SMARTS) is 1. The van der Waals surface area contributed by atoms with Crippen molar-refractivity contribution in [3.05, 3.63) is 23.5 Å². The fourth-order valence-electron chi connectivity index (χ4n) is 1.09. The summed E-state index contributed by atoms with van der Waals surface area (Å²) >= 11 is 0. The Morgan fingerprint density at radius 1 is 1.56 bits per heavy atom. The standard InChI is InChI=1S/C9H9N3O4/c10-2-6(13)8(14)4-1-5(11)7(9(15)16)12-3-4/h1,3,6,8,13-14H,11H2,(H,15,16). The Balaban J connectivity index is 3.07. The predicted octanol–water partition coefficient (Wildman–Crippen LogP) is -0.720. The maximum Gasteiger partial charge on any atom is 0.356 e. The van der Waals surface area contributed by atoms with Gasteiger partial charge in [-0.15, -0.1) is 0 Å². The van der Waals surface area contributed by atoms with Crippen molar-refractivity contribution in [2.24, 2.45) is 0 Å². The lowest BCUT2D eigenvalue weighted by Crippen LogP contribution is -2.17. The summed E-state index contributed by atoms with van der Waals surface area (Å²) in [4.78, 5) is 14.1. The number of aromatic carboxylic acids is 1. The topological polar surface area (TPSA) is 140 Å². The summed E-state index contributed by atoms with van der Waals surface area (Å²) in [5.41, 5.74) is 4.97. The van der Waals surface area contributed by atoms with Crippen LogP contribution in [0.3, 0.4) is 0 Å². The number of aromatic nitrogens is 1. The SMILES string of the molecule is N#CC(O)C(O)c1cnc(C(=O)O)c(N)c1. The third-order valence-electron chi connectivity index (χ3n) is 1.91. The molecule has 0 aliphatic carbocycles. The number of hydrogen-bond acceptors (Lipinski definition) is 6. The van der Waals surface area contributed by atoms with Crippen molar-refractivity contribution < 1.29 is 20.1 Å². The van der Waals surface area contributed by atoms with E-state index in [0.717, 1.165) is 12.3 Å². The molecule has 0 aliphatic heterocycles. The van der Waals surface area contributed by atoms with Gasteiger partial charge in [0.25, 0.3) is 0 Å². The number of carbonyl (C=O) groups is 1. The molecule has 0 saturated heterocycles. The molecule has 84 valence electrons. The minimum atomic E-state index is -1.61. The zero-order valence-electron chi connectivity index (χ0n) is 8.03. The van der Waals surface area contributed by atoms with Gasteiger partial charge in [-0.1, -0.05) is 0 Å². The Morgan fingerprint density at radius 2 is 2.19 bits per heavy atom. The molecule has 1 heterocycles. The highest BCUT2D eigenvalue weighted by molar-refractivity contribution is 5.91. The molecule has 1 aromatic heterocycles. The number of hydrogen-bond donors (Lipinski definition) is 4. The third kappa shape index (κ3) is 2.25. The number of aliphatic hydroxyl groups excluding tert-OH is 2. The summed E-state index contributed by atoms with van der Waals surface area (Å²) < 4.78 is 0. The van der Waals surface area contributed by atoms with Crippen LogP contribution in [0, 0.1) is 11.3 Å². The molecule has 7 heteroatoms. The van der Waals surface area contributed by atoms with E-state index in [1.54, 1.807) is 0 Å². The molecule has 0 amide bonds. The first kappa shape index (κ1) is 11.9. The summed E-state index contributed by atoms with van der Waals surface area (Å²) in [6.07, 6.45) is -2.04. The molecule has 0 fully saturated rings. The van der Waals surface area contributed by atoms with Gasteiger partial charge in [-0.2, -0.15) is 5.26 Å². The molecule has 1 rings (SSSR count). The minimum Gasteiger partial charge on any atom is -0.476 e. The van der Waals surface area contributed by atoms with E-state index < -0.39 is 18.2 Å². The number of pyridine rings is 1. The molecular weight excluding hydrogens is 214 g/mol. The van der Waals surface area contributed by atoms with E-state index >= 15 is 0 Å². The van der Waals surface area contributed by atoms with Gasteiger partial charge in [-0.3, -0.25) is 0 Å². The van der Waals surface area contributed by atoms with Crippen LogP contribution in [0.15, 0.2) is 12.3 Å². The highest BCUT2D eigenvalue weighted by Crippen LogP contribution is 2.19. The van der Waals surface area contributed by atoms with Crippen LogP contribution in [0.2, 0.25) is 0 Å². The van der Waals surface area contributed by atoms with Crippen LogP contribution >= 0.6 is 0 Å². The van der Waals surface area contributed by atoms with Crippen molar-refractivity contribution in [2.75, 3.05) is 5.73 Å². The van der Waals surface area contributed by atoms with E-state index in [1.807, 2.05) is 0 Å². The van der Waals surface area contributed by atoms with Gasteiger partial charge in [0.2, 0.25) is 0 Å². The number of aliphatic hydroxyl groups is 2. The van der Waals surface area contributed by atoms with Gasteiger partial charge in [-0.25, -0.2) is 9.78 Å². The number of anilines is 1. The van der Waals surface area contributed by atoms with E-state index in [1.165, 1.54) is 6.07 Å². The Kier molecular flexibility index (Phi) is 3.40. The van der Waals surface area contributed by atoms with Crippen LogP contribution in [0.4, 0.5) is 5.69 Å². The van der Waals surface area contributed by atoms with Crippen LogP contribution in [0.25, 0.3) is 0 Å². The van der Waals surface area contributed by atoms with Crippen molar-refractivity contribution in [3.8, 4) is 6.07 Å². The number of carboxylic acids is 1. The summed E-state index contributed by atoms with van der Waals surface area (Å²) in [6.45, 7) is 0. The highest BCUT2D eigenvalue weighted by Gasteiger charge is 2.20. The van der Waals surface area contributed by atoms with Gasteiger partial charge in [-0.05, 0) is 6.07 Å². The second-order valence-electron chi connectivity index (χ2n) is 3.03. The number of nitriles is 1. The normalized spacial score (nSPS) is 13.8. The molecule has 0 spiro atoms. The monoisotopic (exact) mass is 223 g/mol. The lowest BCUT2D eigenvalue weighted by atomic mass is 10.1. The van der Waals surface area contributed by atoms with Gasteiger partial charge in [0.15, 0.2) is 11.8 Å². The zero-order valence-corrected chi connectivity index (χ0v) is 8.03. The second kappa shape index (κ2) is 4.57. The van der Waals surface area contributed by atoms with Crippen LogP contribution in [0.1, 0.15) is 22.2 Å². The molecule has 0 bridgehead atoms. The second-order valence-corrected chi connectivity index (χ2v) is 3.03. The summed E-state index contributed by atoms with van der Waals surface area (Å²) in [5.74, 6) is -1.29. The van der Waals surface area contributed by atoms with Crippen molar-refractivity contribution in [2.45, 2.75) is 12.2 Å². The number of nitrogens with two attached hydrogens (primary N) is 1. The Morgan fingerprint density at radius 3 is 2.62 bits per heavy atom. The number of rotatable bonds is 3. The molecule has 5 N–H and O–H groups in total. The predicted molar refractivity (Wildman–Crippen MR) is 52.2 cm³/mol. The molecule has 2 unspecified atom stereocenters. The van der Waals surface area contributed by atoms with E-state index in [9.17, 15) is 9.90 Å². The van der Waals surface area contributed by atoms with Crippen LogP contribution in [-0.4, -0.2) is 32.4 Å². The molecule has 0 aliphatic rings. The van der Waals surface area contributed by atoms with Crippen molar-refractivity contribution in [1.29, 1.82) is 5.26 Å². The van der Waals surface area contributed by atoms with E-state index in [-0.39, 0.29) is 16.9 Å². The lowest BCUT2D eigenvalue weighted by Gasteiger charge is -2.12. The maximum atomic E-state index is 10.6. The first-order chi connectivity index (χ1) is 7.47. The summed E-state index contributed by atoms with van der Waals surface area (Å²) in [6, 6.07) is 2.60. The van der Waals surface area contributed by atoms with Gasteiger partial charge in [0.05, 0.1) is 11.8 Å². The molecule has 1 aromatic rings. The Bertz CT molecular complexity index is 455. The molecular formula is C9H9N3O4. The fraction of sp³-hybridized carbons (Fsp3) is 0.222. The maximum absolute atomic E-state index is 10.6. The Labute approximate surface area is 90.4 Å². The van der Waals surface area contributed by atoms with E-state index in [4.69, 9.17) is 21.2 Å². The summed E-state index contributed by atoms with van der Waals surface area (Å²) in [7, 11) is 0. The van der Waals surface area contributed by atoms with E-state index in [0.29, 0.717) is 0 Å². The smallest absolute Gasteiger partial charge is 0.356 e. The van der Waals surface area contributed by atoms with Crippen molar-refractivity contribution in [1.82, 2.24) is 4.98 Å². The van der Waals surface area contributed by atoms with Gasteiger partial charge in [0.1, 0.15) is 6.10 Å². The summed E-state index contributed by atoms with van der Waals surface area (Å²) in [5, 5.41) is 35.5. The highest BCUT2D eigenvalue weighted by atomic mass is 16.4. The zero-order chi connectivity index (χ0) is 12.3. The molecule has 16 heavy (non-hydrogen) atoms. The lowest BCUT2D eigenvalue weighted by molar-refractivity contribution is 0.0525. The van der Waals surface area contributed by atoms with Crippen LogP contribution in [0.5, 0.6) is 0 Å². The van der Waals surface area contributed by atoms with Crippen molar-refractivity contribution in [3.63, 3.8) is 0 Å². The quantitative estimate of drug-likeness (QED) is 0.495. The minimum absolute atomic E-state index is 0.0801. The molecule has 0 saturated carbocycles. The first-order valence-electron chi connectivity index (χ1n) is 4.21. The van der Waals surface area contributed by atoms with Crippen molar-refractivity contribution >= 4 is 11.7 Å². The average molecular weight is 223 g/mol. The molecule has 0 radical (unpaired) electrons. The third-order valence-corrected chi connectivity index (χ3v) is 1.91. The van der Waals surface area contributed by atoms with Crippen LogP contribution in [-0.2, 0) is 0 Å². The van der Waals surface area contributed by atoms with Gasteiger partial charge < -0.3 is 21.1 Å². The molecule has 7 nitrogen and oxygen atoms in total. The first-order valence-corrected chi connectivity index (χ1v) is 4.21. The average Bonchev–Trinajstić information content (AvgIpc) is 2.26. The van der Waals surface area contributed by atoms with Gasteiger partial charge in [0, 0.05) is 11.8 Å². The number of nitrogens with zero attached hydrogens (tertiary/aromatic N) is 2. The molecule has 2 atom stereocenters. The Hall–Kier alpha value is -2.17. The number of nitrogen functional groups attached to an aromatic ring is 1. The largest absolute Gasteiger partial charge is 0.476 e. The van der Waals surface area contributed by atoms with E-state index in [2.05, 4.69) is 4.98 Å².